The largest absolute Gasteiger partial charge is 0.497 e. The first kappa shape index (κ1) is 25.1. The van der Waals surface area contributed by atoms with Crippen molar-refractivity contribution in [3.8, 4) is 28.3 Å². The van der Waals surface area contributed by atoms with Gasteiger partial charge in [0.25, 0.3) is 0 Å². The zero-order chi connectivity index (χ0) is 24.8. The molecule has 34 heavy (non-hydrogen) atoms. The normalized spacial score (nSPS) is 13.4. The van der Waals surface area contributed by atoms with Gasteiger partial charge in [-0.1, -0.05) is 13.8 Å². The van der Waals surface area contributed by atoms with Gasteiger partial charge in [0.1, 0.15) is 17.4 Å². The molecule has 2 unspecified atom stereocenters. The minimum absolute atomic E-state index is 0.0191. The molecule has 0 saturated carbocycles. The number of aliphatic hydroxyl groups excluding tert-OH is 2. The number of carboxylic acids is 1. The number of benzene rings is 2. The zero-order valence-electron chi connectivity index (χ0n) is 19.4. The van der Waals surface area contributed by atoms with Crippen LogP contribution in [0.5, 0.6) is 5.75 Å². The summed E-state index contributed by atoms with van der Waals surface area (Å²) in [4.78, 5) is 15.7. The van der Waals surface area contributed by atoms with Crippen LogP contribution in [0.25, 0.3) is 28.7 Å². The van der Waals surface area contributed by atoms with Crippen molar-refractivity contribution in [3.05, 3.63) is 66.2 Å². The molecular weight excluding hydrogens is 439 g/mol. The summed E-state index contributed by atoms with van der Waals surface area (Å²) < 4.78 is 20.8. The maximum absolute atomic E-state index is 13.7. The summed E-state index contributed by atoms with van der Waals surface area (Å²) in [7, 11) is 1.59. The average molecular weight is 469 g/mol. The number of nitrogens with zero attached hydrogens (tertiary/aromatic N) is 2. The van der Waals surface area contributed by atoms with Crippen LogP contribution in [0.3, 0.4) is 0 Å². The molecule has 0 fully saturated rings. The van der Waals surface area contributed by atoms with E-state index in [0.29, 0.717) is 17.1 Å². The summed E-state index contributed by atoms with van der Waals surface area (Å²) in [5.74, 6) is -0.0461. The highest BCUT2D eigenvalue weighted by molar-refractivity contribution is 5.81. The van der Waals surface area contributed by atoms with Gasteiger partial charge in [0.05, 0.1) is 37.1 Å². The number of aliphatic hydroxyl groups is 2. The smallest absolute Gasteiger partial charge is 0.305 e. The van der Waals surface area contributed by atoms with E-state index >= 15 is 0 Å². The fourth-order valence-corrected chi connectivity index (χ4v) is 3.67. The molecule has 2 aromatic carbocycles. The predicted molar refractivity (Wildman–Crippen MR) is 128 cm³/mol. The molecule has 0 spiro atoms. The molecule has 3 rings (SSSR count). The number of rotatable bonds is 10. The van der Waals surface area contributed by atoms with Gasteiger partial charge in [0.2, 0.25) is 0 Å². The van der Waals surface area contributed by atoms with Crippen LogP contribution in [0.15, 0.2) is 54.6 Å². The summed E-state index contributed by atoms with van der Waals surface area (Å²) in [5, 5.41) is 29.0. The molecule has 0 amide bonds. The summed E-state index contributed by atoms with van der Waals surface area (Å²) in [6.07, 6.45) is 0.343. The summed E-state index contributed by atoms with van der Waals surface area (Å²) >= 11 is 0. The molecule has 3 aromatic rings. The topological polar surface area (TPSA) is 105 Å². The minimum Gasteiger partial charge on any atom is -0.497 e. The van der Waals surface area contributed by atoms with Gasteiger partial charge in [0.15, 0.2) is 0 Å². The van der Waals surface area contributed by atoms with Crippen LogP contribution >= 0.6 is 0 Å². The Balaban J connectivity index is 2.10. The van der Waals surface area contributed by atoms with Gasteiger partial charge in [-0.05, 0) is 54.6 Å². The number of carboxylic acid groups (broad SMARTS) is 1. The zero-order valence-corrected chi connectivity index (χ0v) is 19.4. The standard InChI is InChI=1S/C26H29FN2O5/c1-16(2)26-28-24(17-6-10-22(34-3)11-7-17)25(18-4-8-19(27)9-5-18)29(26)13-12-20(30)14-21(31)15-23(32)33/h4-13,16,20-21,30-31H,14-15H2,1-3H3,(H,32,33)/b13-12+. The lowest BCUT2D eigenvalue weighted by molar-refractivity contribution is -0.139. The number of imidazole rings is 1. The number of aliphatic carboxylic acids is 1. The first-order valence-corrected chi connectivity index (χ1v) is 11.0. The molecule has 8 heteroatoms. The van der Waals surface area contributed by atoms with E-state index in [9.17, 15) is 19.4 Å². The van der Waals surface area contributed by atoms with Gasteiger partial charge in [0, 0.05) is 29.7 Å². The molecule has 0 aliphatic heterocycles. The van der Waals surface area contributed by atoms with Crippen molar-refractivity contribution in [2.45, 2.75) is 44.8 Å². The van der Waals surface area contributed by atoms with Gasteiger partial charge >= 0.3 is 5.97 Å². The average Bonchev–Trinajstić information content (AvgIpc) is 3.17. The second-order valence-corrected chi connectivity index (χ2v) is 8.32. The van der Waals surface area contributed by atoms with Crippen LogP contribution < -0.4 is 4.74 Å². The van der Waals surface area contributed by atoms with Crippen molar-refractivity contribution >= 4 is 12.2 Å². The van der Waals surface area contributed by atoms with Gasteiger partial charge < -0.3 is 24.6 Å². The van der Waals surface area contributed by atoms with Crippen LogP contribution in [-0.4, -0.2) is 50.2 Å². The van der Waals surface area contributed by atoms with E-state index in [4.69, 9.17) is 14.8 Å². The highest BCUT2D eigenvalue weighted by Gasteiger charge is 2.21. The number of hydrogen-bond donors (Lipinski definition) is 3. The first-order valence-electron chi connectivity index (χ1n) is 11.0. The van der Waals surface area contributed by atoms with Crippen molar-refractivity contribution in [1.29, 1.82) is 0 Å². The Morgan fingerprint density at radius 1 is 1.09 bits per heavy atom. The van der Waals surface area contributed by atoms with E-state index in [0.717, 1.165) is 17.0 Å². The van der Waals surface area contributed by atoms with Crippen molar-refractivity contribution in [3.63, 3.8) is 0 Å². The molecule has 2 atom stereocenters. The van der Waals surface area contributed by atoms with Crippen LogP contribution in [0.4, 0.5) is 4.39 Å². The Morgan fingerprint density at radius 2 is 1.71 bits per heavy atom. The van der Waals surface area contributed by atoms with Crippen molar-refractivity contribution < 1.29 is 29.2 Å². The van der Waals surface area contributed by atoms with Crippen LogP contribution in [0.2, 0.25) is 0 Å². The highest BCUT2D eigenvalue weighted by Crippen LogP contribution is 2.36. The van der Waals surface area contributed by atoms with Gasteiger partial charge in [-0.3, -0.25) is 4.79 Å². The second-order valence-electron chi connectivity index (χ2n) is 8.32. The number of halogens is 1. The lowest BCUT2D eigenvalue weighted by atomic mass is 10.0. The van der Waals surface area contributed by atoms with Gasteiger partial charge in [-0.15, -0.1) is 0 Å². The lowest BCUT2D eigenvalue weighted by Gasteiger charge is -2.13. The SMILES string of the molecule is COc1ccc(-c2nc(C(C)C)n(/C=C/C(O)CC(O)CC(=O)O)c2-c2ccc(F)cc2)cc1. The Hall–Kier alpha value is -3.49. The third-order valence-corrected chi connectivity index (χ3v) is 5.32. The third-order valence-electron chi connectivity index (χ3n) is 5.32. The molecule has 3 N–H and O–H groups in total. The molecular formula is C26H29FN2O5. The van der Waals surface area contributed by atoms with Crippen molar-refractivity contribution in [2.75, 3.05) is 7.11 Å². The number of hydrogen-bond acceptors (Lipinski definition) is 5. The molecule has 0 aliphatic rings. The monoisotopic (exact) mass is 468 g/mol. The van der Waals surface area contributed by atoms with Crippen molar-refractivity contribution in [1.82, 2.24) is 9.55 Å². The van der Waals surface area contributed by atoms with Gasteiger partial charge in [-0.25, -0.2) is 9.37 Å². The fraction of sp³-hybridized carbons (Fsp3) is 0.308. The Morgan fingerprint density at radius 3 is 2.26 bits per heavy atom. The molecule has 1 aromatic heterocycles. The third kappa shape index (κ3) is 6.09. The molecule has 0 aliphatic carbocycles. The highest BCUT2D eigenvalue weighted by atomic mass is 19.1. The Labute approximate surface area is 197 Å². The first-order chi connectivity index (χ1) is 16.2. The summed E-state index contributed by atoms with van der Waals surface area (Å²) in [6, 6.07) is 13.5. The van der Waals surface area contributed by atoms with Crippen LogP contribution in [0, 0.1) is 5.82 Å². The Kier molecular flexibility index (Phi) is 8.20. The van der Waals surface area contributed by atoms with E-state index < -0.39 is 24.6 Å². The van der Waals surface area contributed by atoms with E-state index in [1.54, 1.807) is 25.4 Å². The van der Waals surface area contributed by atoms with E-state index in [1.165, 1.54) is 18.2 Å². The molecule has 7 nitrogen and oxygen atoms in total. The second kappa shape index (κ2) is 11.1. The Bertz CT molecular complexity index is 1140. The molecule has 0 bridgehead atoms. The van der Waals surface area contributed by atoms with Crippen LogP contribution in [0.1, 0.15) is 38.4 Å². The lowest BCUT2D eigenvalue weighted by Crippen LogP contribution is -2.19. The minimum atomic E-state index is -1.17. The number of ether oxygens (including phenoxy) is 1. The molecule has 1 heterocycles. The molecule has 0 saturated heterocycles. The number of methoxy groups -OCH3 is 1. The number of aromatic nitrogens is 2. The number of carbonyl (C=O) groups is 1. The predicted octanol–water partition coefficient (Wildman–Crippen LogP) is 4.55. The summed E-state index contributed by atoms with van der Waals surface area (Å²) in [5.41, 5.74) is 2.97. The van der Waals surface area contributed by atoms with Crippen molar-refractivity contribution in [2.24, 2.45) is 0 Å². The van der Waals surface area contributed by atoms with Crippen LogP contribution in [-0.2, 0) is 4.79 Å². The molecule has 0 radical (unpaired) electrons. The fourth-order valence-electron chi connectivity index (χ4n) is 3.67. The molecule has 180 valence electrons. The maximum Gasteiger partial charge on any atom is 0.305 e. The summed E-state index contributed by atoms with van der Waals surface area (Å²) in [6.45, 7) is 3.98. The quantitative estimate of drug-likeness (QED) is 0.403. The van der Waals surface area contributed by atoms with E-state index in [2.05, 4.69) is 0 Å². The van der Waals surface area contributed by atoms with E-state index in [1.807, 2.05) is 42.7 Å². The maximum atomic E-state index is 13.7. The van der Waals surface area contributed by atoms with Gasteiger partial charge in [-0.2, -0.15) is 0 Å². The van der Waals surface area contributed by atoms with E-state index in [-0.39, 0.29) is 18.2 Å².